The zero-order chi connectivity index (χ0) is 16.7. The van der Waals surface area contributed by atoms with Crippen LogP contribution in [0.1, 0.15) is 26.2 Å². The molecule has 1 heterocycles. The molecule has 0 N–H and O–H groups in total. The van der Waals surface area contributed by atoms with Gasteiger partial charge >= 0.3 is 6.18 Å². The van der Waals surface area contributed by atoms with E-state index in [1.807, 2.05) is 6.92 Å². The number of hydrogen-bond donors (Lipinski definition) is 0. The summed E-state index contributed by atoms with van der Waals surface area (Å²) >= 11 is 0. The lowest BCUT2D eigenvalue weighted by molar-refractivity contribution is -0.143. The number of hydrogen-bond acceptors (Lipinski definition) is 3. The van der Waals surface area contributed by atoms with E-state index in [0.717, 1.165) is 12.7 Å². The van der Waals surface area contributed by atoms with Gasteiger partial charge in [0.15, 0.2) is 0 Å². The Morgan fingerprint density at radius 3 is 2.14 bits per heavy atom. The number of carbonyl (C=O) groups excluding carboxylic acids is 1. The van der Waals surface area contributed by atoms with Crippen LogP contribution >= 0.6 is 0 Å². The van der Waals surface area contributed by atoms with Gasteiger partial charge in [0.25, 0.3) is 0 Å². The topological polar surface area (TPSA) is 57.7 Å². The molecule has 2 aliphatic rings. The molecule has 1 amide bonds. The van der Waals surface area contributed by atoms with E-state index in [9.17, 15) is 26.4 Å². The minimum atomic E-state index is -4.57. The number of likely N-dealkylation sites (tertiary alicyclic amines) is 1. The molecule has 5 nitrogen and oxygen atoms in total. The number of rotatable bonds is 4. The standard InChI is InChI=1S/C13H21F3N2O3S/c1-9-7-11(9)12(19)17-5-3-10(4-6-17)18(22(2,20)21)8-13(14,15)16/h9-11H,3-8H2,1-2H3. The van der Waals surface area contributed by atoms with Crippen molar-refractivity contribution >= 4 is 15.9 Å². The van der Waals surface area contributed by atoms with E-state index in [1.165, 1.54) is 0 Å². The first-order valence-electron chi connectivity index (χ1n) is 7.31. The second-order valence-electron chi connectivity index (χ2n) is 6.30. The summed E-state index contributed by atoms with van der Waals surface area (Å²) in [6.07, 6.45) is -2.42. The molecule has 9 heteroatoms. The zero-order valence-electron chi connectivity index (χ0n) is 12.6. The molecule has 2 rings (SSSR count). The van der Waals surface area contributed by atoms with Crippen LogP contribution in [0.5, 0.6) is 0 Å². The highest BCUT2D eigenvalue weighted by Gasteiger charge is 2.44. The van der Waals surface area contributed by atoms with Gasteiger partial charge in [0.1, 0.15) is 6.54 Å². The fourth-order valence-electron chi connectivity index (χ4n) is 2.97. The summed E-state index contributed by atoms with van der Waals surface area (Å²) in [6, 6.07) is -0.697. The Morgan fingerprint density at radius 2 is 1.77 bits per heavy atom. The molecule has 0 spiro atoms. The van der Waals surface area contributed by atoms with Crippen molar-refractivity contribution in [2.75, 3.05) is 25.9 Å². The number of halogens is 3. The van der Waals surface area contributed by atoms with E-state index in [1.54, 1.807) is 4.90 Å². The largest absolute Gasteiger partial charge is 0.402 e. The molecule has 0 bridgehead atoms. The van der Waals surface area contributed by atoms with Gasteiger partial charge in [0, 0.05) is 25.0 Å². The van der Waals surface area contributed by atoms with Gasteiger partial charge < -0.3 is 4.90 Å². The number of carbonyl (C=O) groups is 1. The summed E-state index contributed by atoms with van der Waals surface area (Å²) in [7, 11) is -3.94. The maximum atomic E-state index is 12.6. The van der Waals surface area contributed by atoms with E-state index in [4.69, 9.17) is 0 Å². The highest BCUT2D eigenvalue weighted by Crippen LogP contribution is 2.39. The number of nitrogens with zero attached hydrogens (tertiary/aromatic N) is 2. The normalized spacial score (nSPS) is 27.3. The Morgan fingerprint density at radius 1 is 1.27 bits per heavy atom. The van der Waals surface area contributed by atoms with Gasteiger partial charge in [-0.05, 0) is 25.2 Å². The zero-order valence-corrected chi connectivity index (χ0v) is 13.5. The lowest BCUT2D eigenvalue weighted by Crippen LogP contribution is -2.51. The van der Waals surface area contributed by atoms with Crippen molar-refractivity contribution in [1.82, 2.24) is 9.21 Å². The number of piperidine rings is 1. The van der Waals surface area contributed by atoms with Crippen LogP contribution in [0, 0.1) is 11.8 Å². The van der Waals surface area contributed by atoms with Gasteiger partial charge in [-0.2, -0.15) is 17.5 Å². The van der Waals surface area contributed by atoms with Gasteiger partial charge in [0.05, 0.1) is 6.26 Å². The third-order valence-corrected chi connectivity index (χ3v) is 5.65. The van der Waals surface area contributed by atoms with Crippen molar-refractivity contribution in [3.63, 3.8) is 0 Å². The van der Waals surface area contributed by atoms with Crippen molar-refractivity contribution in [2.45, 2.75) is 38.4 Å². The van der Waals surface area contributed by atoms with Crippen molar-refractivity contribution in [3.05, 3.63) is 0 Å². The first-order valence-corrected chi connectivity index (χ1v) is 9.16. The van der Waals surface area contributed by atoms with Crippen molar-refractivity contribution in [3.8, 4) is 0 Å². The predicted octanol–water partition coefficient (Wildman–Crippen LogP) is 1.46. The Bertz CT molecular complexity index is 527. The Hall–Kier alpha value is -0.830. The van der Waals surface area contributed by atoms with Gasteiger partial charge in [-0.25, -0.2) is 8.42 Å². The summed E-state index contributed by atoms with van der Waals surface area (Å²) in [5.74, 6) is 0.466. The van der Waals surface area contributed by atoms with E-state index < -0.39 is 28.8 Å². The smallest absolute Gasteiger partial charge is 0.342 e. The number of sulfonamides is 1. The molecule has 1 aliphatic heterocycles. The summed E-state index contributed by atoms with van der Waals surface area (Å²) in [6.45, 7) is 1.15. The van der Waals surface area contributed by atoms with Crippen LogP contribution in [0.25, 0.3) is 0 Å². The molecule has 1 aliphatic carbocycles. The number of alkyl halides is 3. The lowest BCUT2D eigenvalue weighted by Gasteiger charge is -2.37. The Kier molecular flexibility index (Phi) is 4.77. The van der Waals surface area contributed by atoms with E-state index in [2.05, 4.69) is 0 Å². The van der Waals surface area contributed by atoms with Crippen molar-refractivity contribution < 1.29 is 26.4 Å². The molecule has 2 unspecified atom stereocenters. The summed E-state index contributed by atoms with van der Waals surface area (Å²) in [4.78, 5) is 13.7. The fourth-order valence-corrected chi connectivity index (χ4v) is 4.10. The molecule has 0 radical (unpaired) electrons. The van der Waals surface area contributed by atoms with Crippen molar-refractivity contribution in [1.29, 1.82) is 0 Å². The van der Waals surface area contributed by atoms with Crippen molar-refractivity contribution in [2.24, 2.45) is 11.8 Å². The van der Waals surface area contributed by atoms with Crippen LogP contribution in [0.4, 0.5) is 13.2 Å². The Balaban J connectivity index is 1.97. The predicted molar refractivity (Wildman–Crippen MR) is 74.5 cm³/mol. The second-order valence-corrected chi connectivity index (χ2v) is 8.23. The maximum Gasteiger partial charge on any atom is 0.402 e. The number of amides is 1. The summed E-state index contributed by atoms with van der Waals surface area (Å²) < 4.78 is 61.5. The molecule has 1 saturated carbocycles. The van der Waals surface area contributed by atoms with Crippen LogP contribution in [0.2, 0.25) is 0 Å². The van der Waals surface area contributed by atoms with Gasteiger partial charge in [-0.3, -0.25) is 4.79 Å². The van der Waals surface area contributed by atoms with Gasteiger partial charge in [-0.15, -0.1) is 0 Å². The molecule has 2 fully saturated rings. The van der Waals surface area contributed by atoms with Gasteiger partial charge in [0.2, 0.25) is 15.9 Å². The van der Waals surface area contributed by atoms with Crippen LogP contribution in [0.15, 0.2) is 0 Å². The molecule has 128 valence electrons. The molecule has 0 aromatic rings. The lowest BCUT2D eigenvalue weighted by atomic mass is 10.0. The molecule has 0 aromatic carbocycles. The maximum absolute atomic E-state index is 12.6. The highest BCUT2D eigenvalue weighted by molar-refractivity contribution is 7.88. The Labute approximate surface area is 128 Å². The van der Waals surface area contributed by atoms with E-state index in [-0.39, 0.29) is 24.7 Å². The average molecular weight is 342 g/mol. The average Bonchev–Trinajstić information content (AvgIpc) is 3.10. The summed E-state index contributed by atoms with van der Waals surface area (Å²) in [5.41, 5.74) is 0. The molecule has 1 saturated heterocycles. The highest BCUT2D eigenvalue weighted by atomic mass is 32.2. The molecular weight excluding hydrogens is 321 g/mol. The quantitative estimate of drug-likeness (QED) is 0.777. The summed E-state index contributed by atoms with van der Waals surface area (Å²) in [5, 5.41) is 0. The SMILES string of the molecule is CC1CC1C(=O)N1CCC(N(CC(F)(F)F)S(C)(=O)=O)CC1. The van der Waals surface area contributed by atoms with Crippen LogP contribution in [-0.2, 0) is 14.8 Å². The van der Waals surface area contributed by atoms with Gasteiger partial charge in [-0.1, -0.05) is 6.92 Å². The van der Waals surface area contributed by atoms with E-state index in [0.29, 0.717) is 23.3 Å². The minimum absolute atomic E-state index is 0.0396. The molecule has 22 heavy (non-hydrogen) atoms. The van der Waals surface area contributed by atoms with E-state index >= 15 is 0 Å². The van der Waals surface area contributed by atoms with Crippen LogP contribution < -0.4 is 0 Å². The van der Waals surface area contributed by atoms with Crippen LogP contribution in [-0.4, -0.2) is 61.6 Å². The molecule has 2 atom stereocenters. The third-order valence-electron chi connectivity index (χ3n) is 4.37. The first-order chi connectivity index (χ1) is 9.99. The minimum Gasteiger partial charge on any atom is -0.342 e. The van der Waals surface area contributed by atoms with Crippen LogP contribution in [0.3, 0.4) is 0 Å². The second kappa shape index (κ2) is 5.99. The fraction of sp³-hybridized carbons (Fsp3) is 0.923. The molecular formula is C13H21F3N2O3S. The monoisotopic (exact) mass is 342 g/mol. The molecule has 0 aromatic heterocycles. The first kappa shape index (κ1) is 17.5. The third kappa shape index (κ3) is 4.34.